The van der Waals surface area contributed by atoms with Crippen LogP contribution in [0.1, 0.15) is 23.5 Å². The molecule has 0 radical (unpaired) electrons. The van der Waals surface area contributed by atoms with Crippen LogP contribution in [0.15, 0.2) is 47.2 Å². The van der Waals surface area contributed by atoms with Gasteiger partial charge in [-0.15, -0.1) is 11.6 Å². The molecule has 0 aliphatic carbocycles. The Kier molecular flexibility index (Phi) is 4.44. The summed E-state index contributed by atoms with van der Waals surface area (Å²) in [6.45, 7) is 0. The van der Waals surface area contributed by atoms with E-state index in [2.05, 4.69) is 41.1 Å². The predicted octanol–water partition coefficient (Wildman–Crippen LogP) is 4.70. The van der Waals surface area contributed by atoms with Crippen molar-refractivity contribution in [2.45, 2.75) is 18.8 Å². The van der Waals surface area contributed by atoms with Gasteiger partial charge in [0, 0.05) is 5.88 Å². The average Bonchev–Trinajstić information content (AvgIpc) is 2.84. The second kappa shape index (κ2) is 6.07. The van der Waals surface area contributed by atoms with Gasteiger partial charge in [0.25, 0.3) is 0 Å². The third kappa shape index (κ3) is 3.10. The van der Waals surface area contributed by atoms with Gasteiger partial charge < -0.3 is 0 Å². The SMILES string of the molecule is ClCC(CCc1ccsc1)c1ccccc1. The smallest absolute Gasteiger partial charge is 0.0292 e. The normalized spacial score (nSPS) is 12.6. The molecule has 2 heteroatoms. The van der Waals surface area contributed by atoms with Crippen LogP contribution in [0.25, 0.3) is 0 Å². The predicted molar refractivity (Wildman–Crippen MR) is 72.5 cm³/mol. The Morgan fingerprint density at radius 2 is 1.94 bits per heavy atom. The molecule has 0 N–H and O–H groups in total. The maximum atomic E-state index is 6.04. The van der Waals surface area contributed by atoms with Crippen molar-refractivity contribution in [2.24, 2.45) is 0 Å². The maximum absolute atomic E-state index is 6.04. The second-order valence-corrected chi connectivity index (χ2v) is 5.02. The van der Waals surface area contributed by atoms with Crippen molar-refractivity contribution in [2.75, 3.05) is 5.88 Å². The highest BCUT2D eigenvalue weighted by atomic mass is 35.5. The summed E-state index contributed by atoms with van der Waals surface area (Å²) < 4.78 is 0. The van der Waals surface area contributed by atoms with Gasteiger partial charge in [-0.3, -0.25) is 0 Å². The van der Waals surface area contributed by atoms with Gasteiger partial charge in [0.15, 0.2) is 0 Å². The summed E-state index contributed by atoms with van der Waals surface area (Å²) in [5, 5.41) is 4.35. The minimum absolute atomic E-state index is 0.475. The maximum Gasteiger partial charge on any atom is 0.0292 e. The first-order valence-corrected chi connectivity index (χ1v) is 7.00. The van der Waals surface area contributed by atoms with Gasteiger partial charge in [-0.25, -0.2) is 0 Å². The molecular formula is C14H15ClS. The fourth-order valence-corrected chi connectivity index (χ4v) is 2.87. The zero-order chi connectivity index (χ0) is 11.2. The van der Waals surface area contributed by atoms with E-state index in [9.17, 15) is 0 Å². The van der Waals surface area contributed by atoms with E-state index in [0.29, 0.717) is 11.8 Å². The fourth-order valence-electron chi connectivity index (χ4n) is 1.83. The lowest BCUT2D eigenvalue weighted by Crippen LogP contribution is -2.02. The van der Waals surface area contributed by atoms with Crippen LogP contribution in [0.5, 0.6) is 0 Å². The van der Waals surface area contributed by atoms with Gasteiger partial charge in [0.2, 0.25) is 0 Å². The number of hydrogen-bond acceptors (Lipinski definition) is 1. The minimum Gasteiger partial charge on any atom is -0.152 e. The van der Waals surface area contributed by atoms with Crippen molar-refractivity contribution in [3.8, 4) is 0 Å². The summed E-state index contributed by atoms with van der Waals surface area (Å²) in [6.07, 6.45) is 2.25. The van der Waals surface area contributed by atoms with E-state index in [-0.39, 0.29) is 0 Å². The molecule has 2 aromatic rings. The Labute approximate surface area is 106 Å². The van der Waals surface area contributed by atoms with Crippen molar-refractivity contribution in [1.29, 1.82) is 0 Å². The van der Waals surface area contributed by atoms with Crippen LogP contribution in [0, 0.1) is 0 Å². The van der Waals surface area contributed by atoms with Gasteiger partial charge >= 0.3 is 0 Å². The molecule has 84 valence electrons. The standard InChI is InChI=1S/C14H15ClS/c15-10-14(13-4-2-1-3-5-13)7-6-12-8-9-16-11-12/h1-5,8-9,11,14H,6-7,10H2. The Hall–Kier alpha value is -0.790. The largest absolute Gasteiger partial charge is 0.152 e. The molecule has 1 aromatic heterocycles. The number of aryl methyl sites for hydroxylation is 1. The molecule has 0 amide bonds. The first-order valence-electron chi connectivity index (χ1n) is 5.52. The van der Waals surface area contributed by atoms with Gasteiger partial charge in [-0.05, 0) is 46.7 Å². The summed E-state index contributed by atoms with van der Waals surface area (Å²) in [5.74, 6) is 1.18. The van der Waals surface area contributed by atoms with Gasteiger partial charge in [0.1, 0.15) is 0 Å². The van der Waals surface area contributed by atoms with Crippen molar-refractivity contribution in [3.63, 3.8) is 0 Å². The molecule has 1 heterocycles. The minimum atomic E-state index is 0.475. The Morgan fingerprint density at radius 3 is 2.56 bits per heavy atom. The van der Waals surface area contributed by atoms with E-state index in [1.807, 2.05) is 6.07 Å². The zero-order valence-corrected chi connectivity index (χ0v) is 10.7. The van der Waals surface area contributed by atoms with Gasteiger partial charge in [-0.2, -0.15) is 11.3 Å². The quantitative estimate of drug-likeness (QED) is 0.675. The molecule has 0 saturated heterocycles. The topological polar surface area (TPSA) is 0 Å². The summed E-state index contributed by atoms with van der Waals surface area (Å²) in [6, 6.07) is 12.7. The van der Waals surface area contributed by atoms with Crippen LogP contribution >= 0.6 is 22.9 Å². The number of rotatable bonds is 5. The molecular weight excluding hydrogens is 236 g/mol. The summed E-state index contributed by atoms with van der Waals surface area (Å²) in [5.41, 5.74) is 2.78. The molecule has 1 aromatic carbocycles. The third-order valence-electron chi connectivity index (χ3n) is 2.82. The highest BCUT2D eigenvalue weighted by Crippen LogP contribution is 2.23. The lowest BCUT2D eigenvalue weighted by molar-refractivity contribution is 0.686. The molecule has 0 spiro atoms. The molecule has 2 rings (SSSR count). The van der Waals surface area contributed by atoms with E-state index in [0.717, 1.165) is 12.8 Å². The highest BCUT2D eigenvalue weighted by molar-refractivity contribution is 7.07. The lowest BCUT2D eigenvalue weighted by atomic mass is 9.95. The van der Waals surface area contributed by atoms with Crippen molar-refractivity contribution >= 4 is 22.9 Å². The molecule has 16 heavy (non-hydrogen) atoms. The van der Waals surface area contributed by atoms with Crippen LogP contribution in [-0.4, -0.2) is 5.88 Å². The molecule has 0 saturated carbocycles. The summed E-state index contributed by atoms with van der Waals surface area (Å²) >= 11 is 7.81. The van der Waals surface area contributed by atoms with Crippen molar-refractivity contribution < 1.29 is 0 Å². The molecule has 0 nitrogen and oxygen atoms in total. The van der Waals surface area contributed by atoms with Crippen LogP contribution in [0.3, 0.4) is 0 Å². The first-order chi connectivity index (χ1) is 7.90. The number of benzene rings is 1. The Morgan fingerprint density at radius 1 is 1.12 bits per heavy atom. The number of alkyl halides is 1. The van der Waals surface area contributed by atoms with Gasteiger partial charge in [0.05, 0.1) is 0 Å². The molecule has 0 bridgehead atoms. The number of halogens is 1. The molecule has 0 aliphatic heterocycles. The number of thiophene rings is 1. The number of hydrogen-bond donors (Lipinski definition) is 0. The van der Waals surface area contributed by atoms with Gasteiger partial charge in [-0.1, -0.05) is 30.3 Å². The summed E-state index contributed by atoms with van der Waals surface area (Å²) in [4.78, 5) is 0. The van der Waals surface area contributed by atoms with Crippen molar-refractivity contribution in [1.82, 2.24) is 0 Å². The molecule has 1 unspecified atom stereocenters. The second-order valence-electron chi connectivity index (χ2n) is 3.93. The molecule has 0 aliphatic rings. The van der Waals surface area contributed by atoms with E-state index in [4.69, 9.17) is 11.6 Å². The average molecular weight is 251 g/mol. The fraction of sp³-hybridized carbons (Fsp3) is 0.286. The lowest BCUT2D eigenvalue weighted by Gasteiger charge is -2.13. The third-order valence-corrected chi connectivity index (χ3v) is 3.92. The van der Waals surface area contributed by atoms with Crippen LogP contribution < -0.4 is 0 Å². The van der Waals surface area contributed by atoms with E-state index in [1.54, 1.807) is 11.3 Å². The van der Waals surface area contributed by atoms with E-state index < -0.39 is 0 Å². The van der Waals surface area contributed by atoms with Crippen LogP contribution in [0.4, 0.5) is 0 Å². The Bertz CT molecular complexity index is 394. The van der Waals surface area contributed by atoms with Crippen LogP contribution in [0.2, 0.25) is 0 Å². The van der Waals surface area contributed by atoms with Crippen molar-refractivity contribution in [3.05, 3.63) is 58.3 Å². The molecule has 1 atom stereocenters. The highest BCUT2D eigenvalue weighted by Gasteiger charge is 2.09. The monoisotopic (exact) mass is 250 g/mol. The van der Waals surface area contributed by atoms with E-state index in [1.165, 1.54) is 11.1 Å². The zero-order valence-electron chi connectivity index (χ0n) is 9.10. The van der Waals surface area contributed by atoms with E-state index >= 15 is 0 Å². The molecule has 0 fully saturated rings. The Balaban J connectivity index is 1.96. The first kappa shape index (κ1) is 11.7. The van der Waals surface area contributed by atoms with Crippen LogP contribution in [-0.2, 0) is 6.42 Å². The summed E-state index contributed by atoms with van der Waals surface area (Å²) in [7, 11) is 0.